The second-order valence-corrected chi connectivity index (χ2v) is 7.44. The smallest absolute Gasteiger partial charge is 0.269 e. The fraction of sp³-hybridized carbons (Fsp3) is 0.0833. The number of nitriles is 1. The number of benzene rings is 3. The highest BCUT2D eigenvalue weighted by atomic mass is 32.2. The third kappa shape index (κ3) is 5.49. The van der Waals surface area contributed by atoms with Gasteiger partial charge >= 0.3 is 0 Å². The summed E-state index contributed by atoms with van der Waals surface area (Å²) in [6.45, 7) is 1.88. The number of para-hydroxylation sites is 2. The molecule has 0 unspecified atom stereocenters. The van der Waals surface area contributed by atoms with E-state index in [2.05, 4.69) is 10.6 Å². The first kappa shape index (κ1) is 21.2. The number of nitrogens with zero attached hydrogens (tertiary/aromatic N) is 1. The first-order chi connectivity index (χ1) is 14.6. The number of anilines is 2. The van der Waals surface area contributed by atoms with Crippen LogP contribution in [-0.4, -0.2) is 5.91 Å². The number of thioether (sulfide) groups is 1. The van der Waals surface area contributed by atoms with Crippen LogP contribution >= 0.6 is 11.8 Å². The van der Waals surface area contributed by atoms with Crippen molar-refractivity contribution in [3.05, 3.63) is 106 Å². The van der Waals surface area contributed by atoms with Crippen molar-refractivity contribution in [2.75, 3.05) is 10.6 Å². The molecule has 4 nitrogen and oxygen atoms in total. The molecule has 0 heterocycles. The lowest BCUT2D eigenvalue weighted by atomic mass is 10.2. The Morgan fingerprint density at radius 1 is 0.967 bits per heavy atom. The SMILES string of the molecule is Cc1ccccc1NC(=O)/C(C#N)=C(\Nc1ccccc1)SCc1ccccc1F. The number of carbonyl (C=O) groups is 1. The minimum Gasteiger partial charge on any atom is -0.349 e. The highest BCUT2D eigenvalue weighted by Crippen LogP contribution is 2.28. The van der Waals surface area contributed by atoms with Crippen molar-refractivity contribution in [3.63, 3.8) is 0 Å². The molecular weight excluding hydrogens is 397 g/mol. The average Bonchev–Trinajstić information content (AvgIpc) is 2.76. The minimum absolute atomic E-state index is 0.0663. The van der Waals surface area contributed by atoms with Gasteiger partial charge in [0.15, 0.2) is 0 Å². The number of amides is 1. The molecule has 0 aliphatic heterocycles. The van der Waals surface area contributed by atoms with Crippen molar-refractivity contribution in [2.45, 2.75) is 12.7 Å². The first-order valence-corrected chi connectivity index (χ1v) is 10.3. The van der Waals surface area contributed by atoms with Gasteiger partial charge in [-0.05, 0) is 42.3 Å². The summed E-state index contributed by atoms with van der Waals surface area (Å²) < 4.78 is 14.0. The molecule has 0 spiro atoms. The normalized spacial score (nSPS) is 11.2. The van der Waals surface area contributed by atoms with Gasteiger partial charge in [0.1, 0.15) is 17.5 Å². The molecule has 150 valence electrons. The van der Waals surface area contributed by atoms with E-state index in [-0.39, 0.29) is 17.1 Å². The second kappa shape index (κ2) is 10.3. The van der Waals surface area contributed by atoms with Gasteiger partial charge in [0.05, 0.1) is 5.03 Å². The average molecular weight is 418 g/mol. The Labute approximate surface area is 179 Å². The van der Waals surface area contributed by atoms with Gasteiger partial charge in [-0.3, -0.25) is 4.79 Å². The van der Waals surface area contributed by atoms with E-state index in [0.717, 1.165) is 11.3 Å². The lowest BCUT2D eigenvalue weighted by Gasteiger charge is -2.14. The predicted octanol–water partition coefficient (Wildman–Crippen LogP) is 5.85. The lowest BCUT2D eigenvalue weighted by molar-refractivity contribution is -0.112. The van der Waals surface area contributed by atoms with Crippen LogP contribution in [0.15, 0.2) is 89.5 Å². The molecule has 0 saturated heterocycles. The Morgan fingerprint density at radius 2 is 1.63 bits per heavy atom. The number of nitrogens with one attached hydrogen (secondary N) is 2. The monoisotopic (exact) mass is 417 g/mol. The number of hydrogen-bond donors (Lipinski definition) is 2. The van der Waals surface area contributed by atoms with Crippen LogP contribution in [0.3, 0.4) is 0 Å². The quantitative estimate of drug-likeness (QED) is 0.374. The van der Waals surface area contributed by atoms with Crippen molar-refractivity contribution < 1.29 is 9.18 Å². The van der Waals surface area contributed by atoms with Crippen LogP contribution in [0.1, 0.15) is 11.1 Å². The molecule has 0 fully saturated rings. The zero-order chi connectivity index (χ0) is 21.3. The van der Waals surface area contributed by atoms with Crippen LogP contribution < -0.4 is 10.6 Å². The molecule has 0 saturated carbocycles. The van der Waals surface area contributed by atoms with E-state index in [4.69, 9.17) is 0 Å². The molecule has 3 aromatic rings. The number of rotatable bonds is 7. The van der Waals surface area contributed by atoms with Crippen LogP contribution in [0, 0.1) is 24.1 Å². The van der Waals surface area contributed by atoms with E-state index >= 15 is 0 Å². The molecule has 0 aromatic heterocycles. The van der Waals surface area contributed by atoms with Gasteiger partial charge in [-0.15, -0.1) is 11.8 Å². The Kier molecular flexibility index (Phi) is 7.25. The molecule has 2 N–H and O–H groups in total. The topological polar surface area (TPSA) is 64.9 Å². The summed E-state index contributed by atoms with van der Waals surface area (Å²) in [5, 5.41) is 16.0. The van der Waals surface area contributed by atoms with Crippen LogP contribution in [0.2, 0.25) is 0 Å². The molecule has 0 aliphatic rings. The molecule has 0 radical (unpaired) electrons. The molecule has 0 bridgehead atoms. The maximum absolute atomic E-state index is 14.0. The van der Waals surface area contributed by atoms with Gasteiger partial charge in [-0.2, -0.15) is 5.26 Å². The highest BCUT2D eigenvalue weighted by Gasteiger charge is 2.18. The molecule has 6 heteroatoms. The van der Waals surface area contributed by atoms with Crippen LogP contribution in [0.5, 0.6) is 0 Å². The van der Waals surface area contributed by atoms with Crippen molar-refractivity contribution in [1.82, 2.24) is 0 Å². The molecule has 3 rings (SSSR count). The van der Waals surface area contributed by atoms with Crippen molar-refractivity contribution in [1.29, 1.82) is 5.26 Å². The van der Waals surface area contributed by atoms with Gasteiger partial charge in [-0.1, -0.05) is 54.6 Å². The largest absolute Gasteiger partial charge is 0.349 e. The van der Waals surface area contributed by atoms with Crippen molar-refractivity contribution >= 4 is 29.0 Å². The molecule has 1 amide bonds. The highest BCUT2D eigenvalue weighted by molar-refractivity contribution is 8.02. The molecule has 30 heavy (non-hydrogen) atoms. The Balaban J connectivity index is 1.91. The lowest BCUT2D eigenvalue weighted by Crippen LogP contribution is -2.17. The van der Waals surface area contributed by atoms with Crippen LogP contribution in [0.4, 0.5) is 15.8 Å². The minimum atomic E-state index is -0.522. The fourth-order valence-corrected chi connectivity index (χ4v) is 3.70. The number of halogens is 1. The molecule has 0 aliphatic carbocycles. The van der Waals surface area contributed by atoms with Gasteiger partial charge < -0.3 is 10.6 Å². The Bertz CT molecular complexity index is 1110. The summed E-state index contributed by atoms with van der Waals surface area (Å²) in [7, 11) is 0. The predicted molar refractivity (Wildman–Crippen MR) is 120 cm³/mol. The zero-order valence-electron chi connectivity index (χ0n) is 16.4. The van der Waals surface area contributed by atoms with E-state index in [1.54, 1.807) is 24.3 Å². The van der Waals surface area contributed by atoms with Gasteiger partial charge in [0, 0.05) is 17.1 Å². The second-order valence-electron chi connectivity index (χ2n) is 6.46. The molecule has 0 atom stereocenters. The van der Waals surface area contributed by atoms with E-state index in [9.17, 15) is 14.4 Å². The van der Waals surface area contributed by atoms with Crippen molar-refractivity contribution in [2.24, 2.45) is 0 Å². The summed E-state index contributed by atoms with van der Waals surface area (Å²) in [5.41, 5.74) is 2.67. The fourth-order valence-electron chi connectivity index (χ4n) is 2.69. The number of aryl methyl sites for hydroxylation is 1. The number of carbonyl (C=O) groups excluding carboxylic acids is 1. The number of hydrogen-bond acceptors (Lipinski definition) is 4. The summed E-state index contributed by atoms with van der Waals surface area (Å²) in [5.74, 6) is -0.580. The Morgan fingerprint density at radius 3 is 2.33 bits per heavy atom. The summed E-state index contributed by atoms with van der Waals surface area (Å²) >= 11 is 1.20. The van der Waals surface area contributed by atoms with Gasteiger partial charge in [0.25, 0.3) is 5.91 Å². The maximum Gasteiger partial charge on any atom is 0.269 e. The third-order valence-electron chi connectivity index (χ3n) is 4.32. The van der Waals surface area contributed by atoms with Gasteiger partial charge in [-0.25, -0.2) is 4.39 Å². The molecule has 3 aromatic carbocycles. The summed E-state index contributed by atoms with van der Waals surface area (Å²) in [4.78, 5) is 12.9. The van der Waals surface area contributed by atoms with Gasteiger partial charge in [0.2, 0.25) is 0 Å². The Hall–Kier alpha value is -3.56. The standard InChI is InChI=1S/C24H20FN3OS/c1-17-9-5-8-14-22(17)28-23(29)20(15-26)24(27-19-11-3-2-4-12-19)30-16-18-10-6-7-13-21(18)25/h2-14,27H,16H2,1H3,(H,28,29)/b24-20+. The van der Waals surface area contributed by atoms with E-state index in [1.807, 2.05) is 61.5 Å². The summed E-state index contributed by atoms with van der Waals surface area (Å²) in [6.07, 6.45) is 0. The summed E-state index contributed by atoms with van der Waals surface area (Å²) in [6, 6.07) is 25.0. The third-order valence-corrected chi connectivity index (χ3v) is 5.37. The first-order valence-electron chi connectivity index (χ1n) is 9.28. The van der Waals surface area contributed by atoms with E-state index < -0.39 is 5.91 Å². The van der Waals surface area contributed by atoms with E-state index in [0.29, 0.717) is 16.3 Å². The van der Waals surface area contributed by atoms with Crippen LogP contribution in [0.25, 0.3) is 0 Å². The van der Waals surface area contributed by atoms with Crippen molar-refractivity contribution in [3.8, 4) is 6.07 Å². The zero-order valence-corrected chi connectivity index (χ0v) is 17.2. The van der Waals surface area contributed by atoms with Crippen LogP contribution in [-0.2, 0) is 10.5 Å². The van der Waals surface area contributed by atoms with E-state index in [1.165, 1.54) is 17.8 Å². The molecular formula is C24H20FN3OS. The maximum atomic E-state index is 14.0.